The summed E-state index contributed by atoms with van der Waals surface area (Å²) in [6, 6.07) is 0. The summed E-state index contributed by atoms with van der Waals surface area (Å²) in [6.45, 7) is 6.10. The monoisotopic (exact) mass is 227 g/mol. The second-order valence-corrected chi connectivity index (χ2v) is 5.13. The Morgan fingerprint density at radius 1 is 1.06 bits per heavy atom. The lowest BCUT2D eigenvalue weighted by Gasteiger charge is -2.22. The van der Waals surface area contributed by atoms with E-state index in [4.69, 9.17) is 9.47 Å². The summed E-state index contributed by atoms with van der Waals surface area (Å²) in [4.78, 5) is 0. The van der Waals surface area contributed by atoms with E-state index in [0.717, 1.165) is 57.8 Å². The first-order valence-corrected chi connectivity index (χ1v) is 6.81. The van der Waals surface area contributed by atoms with Crippen LogP contribution in [0.5, 0.6) is 0 Å². The fourth-order valence-corrected chi connectivity index (χ4v) is 2.09. The third-order valence-electron chi connectivity index (χ3n) is 3.47. The van der Waals surface area contributed by atoms with Crippen molar-refractivity contribution in [2.75, 3.05) is 39.5 Å². The third-order valence-corrected chi connectivity index (χ3v) is 3.47. The normalized spacial score (nSPS) is 22.5. The minimum Gasteiger partial charge on any atom is -0.381 e. The van der Waals surface area contributed by atoms with Gasteiger partial charge < -0.3 is 14.8 Å². The number of nitrogens with one attached hydrogen (secondary N) is 1. The summed E-state index contributed by atoms with van der Waals surface area (Å²) < 4.78 is 10.9. The zero-order valence-corrected chi connectivity index (χ0v) is 10.2. The molecule has 94 valence electrons. The van der Waals surface area contributed by atoms with Crippen molar-refractivity contribution in [3.05, 3.63) is 0 Å². The van der Waals surface area contributed by atoms with Crippen molar-refractivity contribution in [3.63, 3.8) is 0 Å². The van der Waals surface area contributed by atoms with Gasteiger partial charge in [0.15, 0.2) is 0 Å². The molecule has 0 aromatic carbocycles. The van der Waals surface area contributed by atoms with Gasteiger partial charge in [-0.05, 0) is 57.0 Å². The first kappa shape index (κ1) is 12.3. The third kappa shape index (κ3) is 5.28. The molecule has 1 saturated carbocycles. The molecule has 3 nitrogen and oxygen atoms in total. The van der Waals surface area contributed by atoms with Gasteiger partial charge in [-0.3, -0.25) is 0 Å². The molecule has 0 aromatic rings. The van der Waals surface area contributed by atoms with Crippen molar-refractivity contribution >= 4 is 0 Å². The summed E-state index contributed by atoms with van der Waals surface area (Å²) in [5.74, 6) is 1.73. The van der Waals surface area contributed by atoms with Crippen LogP contribution in [-0.4, -0.2) is 39.5 Å². The van der Waals surface area contributed by atoms with Crippen LogP contribution < -0.4 is 5.32 Å². The minimum atomic E-state index is 0.834. The van der Waals surface area contributed by atoms with E-state index in [2.05, 4.69) is 5.32 Å². The summed E-state index contributed by atoms with van der Waals surface area (Å²) >= 11 is 0. The van der Waals surface area contributed by atoms with Crippen LogP contribution in [0.4, 0.5) is 0 Å². The lowest BCUT2D eigenvalue weighted by molar-refractivity contribution is 0.0659. The molecule has 16 heavy (non-hydrogen) atoms. The molecule has 0 radical (unpaired) electrons. The molecule has 2 fully saturated rings. The molecule has 0 spiro atoms. The molecular formula is C13H25NO2. The molecule has 1 N–H and O–H groups in total. The van der Waals surface area contributed by atoms with Crippen LogP contribution in [0.2, 0.25) is 0 Å². The Hall–Kier alpha value is -0.120. The second-order valence-electron chi connectivity index (χ2n) is 5.13. The van der Waals surface area contributed by atoms with Gasteiger partial charge >= 0.3 is 0 Å². The maximum Gasteiger partial charge on any atom is 0.0494 e. The summed E-state index contributed by atoms with van der Waals surface area (Å²) in [7, 11) is 0. The van der Waals surface area contributed by atoms with Gasteiger partial charge in [0.1, 0.15) is 0 Å². The Kier molecular flexibility index (Phi) is 5.59. The van der Waals surface area contributed by atoms with E-state index in [1.165, 1.54) is 25.7 Å². The van der Waals surface area contributed by atoms with Gasteiger partial charge in [0.25, 0.3) is 0 Å². The molecule has 0 aromatic heterocycles. The van der Waals surface area contributed by atoms with Crippen LogP contribution in [0.1, 0.15) is 32.1 Å². The van der Waals surface area contributed by atoms with E-state index in [9.17, 15) is 0 Å². The van der Waals surface area contributed by atoms with E-state index in [1.54, 1.807) is 0 Å². The maximum atomic E-state index is 5.59. The van der Waals surface area contributed by atoms with Crippen molar-refractivity contribution in [1.82, 2.24) is 5.32 Å². The number of hydrogen-bond acceptors (Lipinski definition) is 3. The highest BCUT2D eigenvalue weighted by Gasteiger charge is 2.20. The smallest absolute Gasteiger partial charge is 0.0494 e. The van der Waals surface area contributed by atoms with Crippen molar-refractivity contribution < 1.29 is 9.47 Å². The molecule has 0 bridgehead atoms. The summed E-state index contributed by atoms with van der Waals surface area (Å²) in [5.41, 5.74) is 0. The lowest BCUT2D eigenvalue weighted by atomic mass is 10.0. The van der Waals surface area contributed by atoms with Crippen molar-refractivity contribution in [1.29, 1.82) is 0 Å². The predicted molar refractivity (Wildman–Crippen MR) is 64.6 cm³/mol. The molecule has 1 heterocycles. The standard InChI is InChI=1S/C13H25NO2/c1(7-16-11-13-2-3-13)6-14-10-12-4-8-15-9-5-12/h12-14H,1-11H2. The van der Waals surface area contributed by atoms with Crippen LogP contribution in [0.25, 0.3) is 0 Å². The Morgan fingerprint density at radius 3 is 2.62 bits per heavy atom. The van der Waals surface area contributed by atoms with Gasteiger partial charge in [-0.25, -0.2) is 0 Å². The average Bonchev–Trinajstić information content (AvgIpc) is 3.13. The molecule has 1 aliphatic heterocycles. The van der Waals surface area contributed by atoms with E-state index < -0.39 is 0 Å². The number of hydrogen-bond donors (Lipinski definition) is 1. The van der Waals surface area contributed by atoms with Gasteiger partial charge in [-0.15, -0.1) is 0 Å². The van der Waals surface area contributed by atoms with Gasteiger partial charge in [0, 0.05) is 26.4 Å². The fourth-order valence-electron chi connectivity index (χ4n) is 2.09. The molecule has 1 saturated heterocycles. The fraction of sp³-hybridized carbons (Fsp3) is 1.00. The first-order chi connectivity index (χ1) is 7.95. The van der Waals surface area contributed by atoms with Gasteiger partial charge in [0.05, 0.1) is 0 Å². The largest absolute Gasteiger partial charge is 0.381 e. The maximum absolute atomic E-state index is 5.59. The van der Waals surface area contributed by atoms with Crippen LogP contribution in [0, 0.1) is 11.8 Å². The first-order valence-electron chi connectivity index (χ1n) is 6.81. The highest BCUT2D eigenvalue weighted by Crippen LogP contribution is 2.28. The van der Waals surface area contributed by atoms with Crippen LogP contribution in [-0.2, 0) is 9.47 Å². The Morgan fingerprint density at radius 2 is 1.88 bits per heavy atom. The molecule has 2 rings (SSSR count). The zero-order valence-electron chi connectivity index (χ0n) is 10.2. The summed E-state index contributed by atoms with van der Waals surface area (Å²) in [6.07, 6.45) is 6.39. The molecule has 0 atom stereocenters. The zero-order chi connectivity index (χ0) is 11.1. The quantitative estimate of drug-likeness (QED) is 0.642. The Bertz CT molecular complexity index is 177. The van der Waals surface area contributed by atoms with Crippen LogP contribution in [0.3, 0.4) is 0 Å². The van der Waals surface area contributed by atoms with E-state index in [-0.39, 0.29) is 0 Å². The molecule has 0 amide bonds. The molecule has 1 aliphatic carbocycles. The minimum absolute atomic E-state index is 0.834. The van der Waals surface area contributed by atoms with Crippen LogP contribution >= 0.6 is 0 Å². The number of ether oxygens (including phenoxy) is 2. The van der Waals surface area contributed by atoms with Gasteiger partial charge in [-0.1, -0.05) is 0 Å². The Labute approximate surface area is 98.9 Å². The second kappa shape index (κ2) is 7.25. The van der Waals surface area contributed by atoms with E-state index >= 15 is 0 Å². The number of rotatable bonds is 8. The highest BCUT2D eigenvalue weighted by atomic mass is 16.5. The van der Waals surface area contributed by atoms with Gasteiger partial charge in [0.2, 0.25) is 0 Å². The van der Waals surface area contributed by atoms with Crippen molar-refractivity contribution in [3.8, 4) is 0 Å². The van der Waals surface area contributed by atoms with Gasteiger partial charge in [-0.2, -0.15) is 0 Å². The molecule has 0 unspecified atom stereocenters. The molecular weight excluding hydrogens is 202 g/mol. The highest BCUT2D eigenvalue weighted by molar-refractivity contribution is 4.72. The lowest BCUT2D eigenvalue weighted by Crippen LogP contribution is -2.28. The molecule has 2 aliphatic rings. The Balaban J connectivity index is 1.33. The van der Waals surface area contributed by atoms with E-state index in [0.29, 0.717) is 0 Å². The SMILES string of the molecule is C(CNCC1CCOCC1)COCC1CC1. The topological polar surface area (TPSA) is 30.5 Å². The summed E-state index contributed by atoms with van der Waals surface area (Å²) in [5, 5.41) is 3.52. The predicted octanol–water partition coefficient (Wildman–Crippen LogP) is 1.82. The molecule has 3 heteroatoms. The van der Waals surface area contributed by atoms with Crippen molar-refractivity contribution in [2.45, 2.75) is 32.1 Å². The van der Waals surface area contributed by atoms with Crippen molar-refractivity contribution in [2.24, 2.45) is 11.8 Å². The van der Waals surface area contributed by atoms with E-state index in [1.807, 2.05) is 0 Å². The van der Waals surface area contributed by atoms with Crippen LogP contribution in [0.15, 0.2) is 0 Å². The average molecular weight is 227 g/mol.